The molecule has 3 N–H and O–H groups in total. The summed E-state index contributed by atoms with van der Waals surface area (Å²) in [6.45, 7) is 10.2. The average molecular weight is 312 g/mol. The number of benzene rings is 1. The summed E-state index contributed by atoms with van der Waals surface area (Å²) in [7, 11) is -3.55. The summed E-state index contributed by atoms with van der Waals surface area (Å²) in [6, 6.07) is 3.64. The molecule has 0 aliphatic carbocycles. The first-order valence-electron chi connectivity index (χ1n) is 7.59. The predicted molar refractivity (Wildman–Crippen MR) is 87.7 cm³/mol. The molecule has 120 valence electrons. The molecule has 0 bridgehead atoms. The molecule has 1 aromatic rings. The van der Waals surface area contributed by atoms with Gasteiger partial charge in [0.05, 0.1) is 4.90 Å². The maximum atomic E-state index is 12.8. The maximum Gasteiger partial charge on any atom is 0.241 e. The van der Waals surface area contributed by atoms with E-state index in [1.165, 1.54) is 0 Å². The zero-order chi connectivity index (χ0) is 16.3. The Morgan fingerprint density at radius 2 is 1.62 bits per heavy atom. The lowest BCUT2D eigenvalue weighted by Crippen LogP contribution is -2.47. The second-order valence-electron chi connectivity index (χ2n) is 5.69. The molecule has 0 heterocycles. The first-order valence-corrected chi connectivity index (χ1v) is 9.07. The lowest BCUT2D eigenvalue weighted by Gasteiger charge is -2.31. The normalized spacial score (nSPS) is 12.7. The summed E-state index contributed by atoms with van der Waals surface area (Å²) in [5, 5.41) is 0. The van der Waals surface area contributed by atoms with Gasteiger partial charge in [-0.1, -0.05) is 26.8 Å². The van der Waals surface area contributed by atoms with E-state index in [4.69, 9.17) is 5.73 Å². The Morgan fingerprint density at radius 1 is 1.10 bits per heavy atom. The van der Waals surface area contributed by atoms with Crippen LogP contribution < -0.4 is 10.5 Å². The Morgan fingerprint density at radius 3 is 2.05 bits per heavy atom. The van der Waals surface area contributed by atoms with Gasteiger partial charge in [0.15, 0.2) is 0 Å². The third-order valence-electron chi connectivity index (χ3n) is 4.59. The molecular formula is C16H28N2O2S. The van der Waals surface area contributed by atoms with Crippen LogP contribution in [0, 0.1) is 13.8 Å². The van der Waals surface area contributed by atoms with Crippen molar-refractivity contribution >= 4 is 10.0 Å². The monoisotopic (exact) mass is 312 g/mol. The van der Waals surface area contributed by atoms with Gasteiger partial charge < -0.3 is 5.73 Å². The molecule has 4 nitrogen and oxygen atoms in total. The highest BCUT2D eigenvalue weighted by Crippen LogP contribution is 2.26. The number of nitrogens with two attached hydrogens (primary N) is 1. The van der Waals surface area contributed by atoms with Crippen molar-refractivity contribution in [1.29, 1.82) is 0 Å². The van der Waals surface area contributed by atoms with Crippen LogP contribution in [-0.4, -0.2) is 14.0 Å². The number of sulfonamides is 1. The van der Waals surface area contributed by atoms with E-state index in [0.717, 1.165) is 36.0 Å². The molecule has 0 aromatic heterocycles. The van der Waals surface area contributed by atoms with Gasteiger partial charge in [-0.25, -0.2) is 13.1 Å². The fourth-order valence-corrected chi connectivity index (χ4v) is 4.59. The Kier molecular flexibility index (Phi) is 5.96. The second kappa shape index (κ2) is 6.90. The number of aryl methyl sites for hydroxylation is 1. The molecule has 0 spiro atoms. The smallest absolute Gasteiger partial charge is 0.241 e. The molecule has 0 aliphatic rings. The summed E-state index contributed by atoms with van der Waals surface area (Å²) in [4.78, 5) is 0.350. The SMILES string of the molecule is CCC(CC)(CC)NS(=O)(=O)c1cc(CN)cc(C)c1C. The highest BCUT2D eigenvalue weighted by Gasteiger charge is 2.31. The molecule has 1 aromatic carbocycles. The van der Waals surface area contributed by atoms with Crippen LogP contribution in [0.1, 0.15) is 56.7 Å². The predicted octanol–water partition coefficient (Wildman–Crippen LogP) is 3.01. The second-order valence-corrected chi connectivity index (χ2v) is 7.34. The summed E-state index contributed by atoms with van der Waals surface area (Å²) in [5.74, 6) is 0. The minimum absolute atomic E-state index is 0.337. The molecule has 0 radical (unpaired) electrons. The van der Waals surface area contributed by atoms with Gasteiger partial charge in [0.25, 0.3) is 0 Å². The molecular weight excluding hydrogens is 284 g/mol. The standard InChI is InChI=1S/C16H28N2O2S/c1-6-16(7-2,8-3)18-21(19,20)15-10-14(11-17)9-12(4)13(15)5/h9-10,18H,6-8,11,17H2,1-5H3. The largest absolute Gasteiger partial charge is 0.326 e. The molecule has 0 unspecified atom stereocenters. The van der Waals surface area contributed by atoms with Crippen molar-refractivity contribution in [3.63, 3.8) is 0 Å². The minimum Gasteiger partial charge on any atom is -0.326 e. The highest BCUT2D eigenvalue weighted by molar-refractivity contribution is 7.89. The molecule has 0 saturated heterocycles. The van der Waals surface area contributed by atoms with Gasteiger partial charge in [0, 0.05) is 12.1 Å². The summed E-state index contributed by atoms with van der Waals surface area (Å²) < 4.78 is 28.6. The van der Waals surface area contributed by atoms with Crippen molar-refractivity contribution in [1.82, 2.24) is 4.72 Å². The van der Waals surface area contributed by atoms with E-state index in [2.05, 4.69) is 4.72 Å². The lowest BCUT2D eigenvalue weighted by molar-refractivity contribution is 0.341. The summed E-state index contributed by atoms with van der Waals surface area (Å²) in [6.07, 6.45) is 2.31. The lowest BCUT2D eigenvalue weighted by atomic mass is 9.91. The Bertz CT molecular complexity index is 582. The van der Waals surface area contributed by atoms with E-state index in [9.17, 15) is 8.42 Å². The molecule has 0 fully saturated rings. The third-order valence-corrected chi connectivity index (χ3v) is 6.29. The van der Waals surface area contributed by atoms with E-state index < -0.39 is 10.0 Å². The summed E-state index contributed by atoms with van der Waals surface area (Å²) >= 11 is 0. The molecule has 1 rings (SSSR count). The molecule has 21 heavy (non-hydrogen) atoms. The van der Waals surface area contributed by atoms with Crippen LogP contribution in [0.15, 0.2) is 17.0 Å². The van der Waals surface area contributed by atoms with E-state index in [-0.39, 0.29) is 5.54 Å². The zero-order valence-corrected chi connectivity index (χ0v) is 14.6. The average Bonchev–Trinajstić information content (AvgIpc) is 2.47. The first-order chi connectivity index (χ1) is 9.75. The van der Waals surface area contributed by atoms with Crippen LogP contribution in [-0.2, 0) is 16.6 Å². The van der Waals surface area contributed by atoms with Gasteiger partial charge in [-0.05, 0) is 55.9 Å². The van der Waals surface area contributed by atoms with E-state index in [1.807, 2.05) is 40.7 Å². The third kappa shape index (κ3) is 3.84. The quantitative estimate of drug-likeness (QED) is 0.813. The van der Waals surface area contributed by atoms with Crippen molar-refractivity contribution in [2.24, 2.45) is 5.73 Å². The van der Waals surface area contributed by atoms with Gasteiger partial charge >= 0.3 is 0 Å². The van der Waals surface area contributed by atoms with Crippen molar-refractivity contribution < 1.29 is 8.42 Å². The van der Waals surface area contributed by atoms with Crippen molar-refractivity contribution in [2.45, 2.75) is 70.9 Å². The number of rotatable bonds is 7. The molecule has 0 amide bonds. The molecule has 0 saturated carbocycles. The van der Waals surface area contributed by atoms with Crippen LogP contribution in [0.2, 0.25) is 0 Å². The first kappa shape index (κ1) is 18.1. The van der Waals surface area contributed by atoms with Gasteiger partial charge in [0.1, 0.15) is 0 Å². The molecule has 5 heteroatoms. The number of hydrogen-bond acceptors (Lipinski definition) is 3. The fraction of sp³-hybridized carbons (Fsp3) is 0.625. The van der Waals surface area contributed by atoms with Crippen LogP contribution in [0.4, 0.5) is 0 Å². The van der Waals surface area contributed by atoms with Crippen LogP contribution in [0.5, 0.6) is 0 Å². The number of nitrogens with one attached hydrogen (secondary N) is 1. The zero-order valence-electron chi connectivity index (χ0n) is 13.8. The van der Waals surface area contributed by atoms with Crippen molar-refractivity contribution in [3.05, 3.63) is 28.8 Å². The van der Waals surface area contributed by atoms with E-state index >= 15 is 0 Å². The van der Waals surface area contributed by atoms with Gasteiger partial charge in [-0.3, -0.25) is 0 Å². The Hall–Kier alpha value is -0.910. The van der Waals surface area contributed by atoms with Crippen molar-refractivity contribution in [2.75, 3.05) is 0 Å². The van der Waals surface area contributed by atoms with Crippen molar-refractivity contribution in [3.8, 4) is 0 Å². The van der Waals surface area contributed by atoms with Gasteiger partial charge in [0.2, 0.25) is 10.0 Å². The van der Waals surface area contributed by atoms with Crippen LogP contribution in [0.3, 0.4) is 0 Å². The molecule has 0 atom stereocenters. The van der Waals surface area contributed by atoms with Crippen LogP contribution >= 0.6 is 0 Å². The topological polar surface area (TPSA) is 72.2 Å². The maximum absolute atomic E-state index is 12.8. The Labute approximate surface area is 129 Å². The van der Waals surface area contributed by atoms with Crippen LogP contribution in [0.25, 0.3) is 0 Å². The fourth-order valence-electron chi connectivity index (χ4n) is 2.60. The van der Waals surface area contributed by atoms with E-state index in [0.29, 0.717) is 11.4 Å². The van der Waals surface area contributed by atoms with Gasteiger partial charge in [-0.2, -0.15) is 0 Å². The Balaban J connectivity index is 3.34. The minimum atomic E-state index is -3.55. The van der Waals surface area contributed by atoms with Gasteiger partial charge in [-0.15, -0.1) is 0 Å². The summed E-state index contributed by atoms with van der Waals surface area (Å²) in [5.41, 5.74) is 7.88. The molecule has 0 aliphatic heterocycles. The number of hydrogen-bond donors (Lipinski definition) is 2. The van der Waals surface area contributed by atoms with E-state index in [1.54, 1.807) is 6.07 Å². The highest BCUT2D eigenvalue weighted by atomic mass is 32.2.